The highest BCUT2D eigenvalue weighted by atomic mass is 16.6. The first-order valence-electron chi connectivity index (χ1n) is 10.3. The minimum Gasteiger partial charge on any atom is -0.478 e. The minimum absolute atomic E-state index is 0. The van der Waals surface area contributed by atoms with Gasteiger partial charge in [0.25, 0.3) is 5.91 Å². The average Bonchev–Trinajstić information content (AvgIpc) is 2.55. The van der Waals surface area contributed by atoms with Gasteiger partial charge in [-0.2, -0.15) is 0 Å². The maximum Gasteiger partial charge on any atom is 0.408 e. The lowest BCUT2D eigenvalue weighted by Gasteiger charge is -2.36. The van der Waals surface area contributed by atoms with Crippen LogP contribution in [-0.4, -0.2) is 73.9 Å². The molecule has 0 radical (unpaired) electrons. The van der Waals surface area contributed by atoms with Gasteiger partial charge in [-0.1, -0.05) is 27.7 Å². The molecule has 12 heteroatoms. The van der Waals surface area contributed by atoms with E-state index in [1.54, 1.807) is 34.6 Å². The van der Waals surface area contributed by atoms with Crippen LogP contribution in [0, 0.1) is 11.8 Å². The summed E-state index contributed by atoms with van der Waals surface area (Å²) in [6, 6.07) is -1.36. The molecule has 0 aromatic heterocycles. The summed E-state index contributed by atoms with van der Waals surface area (Å²) in [6.45, 7) is 13.3. The van der Waals surface area contributed by atoms with Gasteiger partial charge in [-0.3, -0.25) is 9.59 Å². The highest BCUT2D eigenvalue weighted by Crippen LogP contribution is 2.21. The zero-order valence-corrected chi connectivity index (χ0v) is 20.7. The van der Waals surface area contributed by atoms with Gasteiger partial charge in [-0.05, 0) is 40.5 Å². The predicted octanol–water partition coefficient (Wildman–Crippen LogP) is 0.837. The molecule has 3 atom stereocenters. The average molecular weight is 479 g/mol. The summed E-state index contributed by atoms with van der Waals surface area (Å²) in [4.78, 5) is 62.1. The number of carbonyl (C=O) groups is 5. The second kappa shape index (κ2) is 12.5. The SMILES string of the molecule is CC(C)CC(=O)N(C(=O)[C@H](C)NC(=O)OC(C)(C)C)[C@@](C)(O)C(=O)O[C@H](C(=O)O)C(C)C.O. The Morgan fingerprint density at radius 2 is 1.45 bits per heavy atom. The van der Waals surface area contributed by atoms with Gasteiger partial charge in [0.05, 0.1) is 0 Å². The molecule has 192 valence electrons. The molecule has 0 bridgehead atoms. The van der Waals surface area contributed by atoms with Gasteiger partial charge in [0.15, 0.2) is 0 Å². The Kier molecular flexibility index (Phi) is 12.3. The smallest absolute Gasteiger partial charge is 0.408 e. The van der Waals surface area contributed by atoms with Crippen LogP contribution in [0.4, 0.5) is 4.79 Å². The normalized spacial score (nSPS) is 14.9. The van der Waals surface area contributed by atoms with Crippen LogP contribution in [0.1, 0.15) is 68.7 Å². The van der Waals surface area contributed by atoms with Gasteiger partial charge >= 0.3 is 18.0 Å². The lowest BCUT2D eigenvalue weighted by Crippen LogP contribution is -2.63. The fourth-order valence-electron chi connectivity index (χ4n) is 2.55. The quantitative estimate of drug-likeness (QED) is 0.318. The molecular weight excluding hydrogens is 440 g/mol. The minimum atomic E-state index is -2.82. The second-order valence-corrected chi connectivity index (χ2v) is 9.46. The molecule has 0 rings (SSSR count). The van der Waals surface area contributed by atoms with E-state index in [-0.39, 0.29) is 22.7 Å². The van der Waals surface area contributed by atoms with Gasteiger partial charge in [0, 0.05) is 12.3 Å². The summed E-state index contributed by atoms with van der Waals surface area (Å²) < 4.78 is 9.98. The molecule has 5 N–H and O–H groups in total. The van der Waals surface area contributed by atoms with Gasteiger partial charge in [-0.25, -0.2) is 19.3 Å². The third kappa shape index (κ3) is 10.2. The number of amides is 3. The van der Waals surface area contributed by atoms with E-state index < -0.39 is 59.2 Å². The molecule has 33 heavy (non-hydrogen) atoms. The third-order valence-electron chi connectivity index (χ3n) is 4.06. The Morgan fingerprint density at radius 1 is 0.970 bits per heavy atom. The van der Waals surface area contributed by atoms with E-state index >= 15 is 0 Å². The Hall–Kier alpha value is -2.73. The summed E-state index contributed by atoms with van der Waals surface area (Å²) in [5.74, 6) is -5.82. The van der Waals surface area contributed by atoms with Crippen molar-refractivity contribution in [3.05, 3.63) is 0 Å². The molecule has 3 amide bonds. The number of carboxylic acid groups (broad SMARTS) is 1. The zero-order valence-electron chi connectivity index (χ0n) is 20.7. The van der Waals surface area contributed by atoms with Crippen molar-refractivity contribution in [2.45, 2.75) is 92.2 Å². The summed E-state index contributed by atoms with van der Waals surface area (Å²) in [5.41, 5.74) is -3.67. The number of imide groups is 1. The van der Waals surface area contributed by atoms with Gasteiger partial charge in [-0.15, -0.1) is 0 Å². The van der Waals surface area contributed by atoms with Crippen molar-refractivity contribution in [2.24, 2.45) is 11.8 Å². The van der Waals surface area contributed by atoms with Crippen LogP contribution in [-0.2, 0) is 28.7 Å². The van der Waals surface area contributed by atoms with Crippen molar-refractivity contribution in [3.63, 3.8) is 0 Å². The molecule has 12 nitrogen and oxygen atoms in total. The van der Waals surface area contributed by atoms with E-state index in [1.807, 2.05) is 0 Å². The standard InChI is InChI=1S/C21H36N2O9.H2O/c1-11(2)10-14(24)23(16(25)13(5)22-19(29)32-20(6,7)8)21(9,30)18(28)31-15(12(3)4)17(26)27;/h11-13,15,30H,10H2,1-9H3,(H,22,29)(H,26,27);1H2/t13-,15-,21-;/m0./s1. The van der Waals surface area contributed by atoms with E-state index in [1.165, 1.54) is 20.8 Å². The number of ether oxygens (including phenoxy) is 2. The van der Waals surface area contributed by atoms with E-state index in [0.29, 0.717) is 0 Å². The summed E-state index contributed by atoms with van der Waals surface area (Å²) in [5, 5.41) is 22.3. The number of alkyl carbamates (subject to hydrolysis) is 1. The van der Waals surface area contributed by atoms with E-state index in [2.05, 4.69) is 5.32 Å². The number of nitrogens with one attached hydrogen (secondary N) is 1. The largest absolute Gasteiger partial charge is 0.478 e. The topological polar surface area (TPSA) is 191 Å². The van der Waals surface area contributed by atoms with Crippen LogP contribution in [0.5, 0.6) is 0 Å². The van der Waals surface area contributed by atoms with Crippen molar-refractivity contribution >= 4 is 29.8 Å². The molecule has 0 fully saturated rings. The van der Waals surface area contributed by atoms with Crippen LogP contribution < -0.4 is 5.32 Å². The number of nitrogens with zero attached hydrogens (tertiary/aromatic N) is 1. The van der Waals surface area contributed by atoms with Crippen LogP contribution in [0.15, 0.2) is 0 Å². The fraction of sp³-hybridized carbons (Fsp3) is 0.762. The van der Waals surface area contributed by atoms with Gasteiger partial charge in [0.1, 0.15) is 11.6 Å². The van der Waals surface area contributed by atoms with Gasteiger partial charge in [0.2, 0.25) is 17.7 Å². The predicted molar refractivity (Wildman–Crippen MR) is 117 cm³/mol. The summed E-state index contributed by atoms with van der Waals surface area (Å²) >= 11 is 0. The molecule has 0 saturated carbocycles. The molecule has 0 aromatic carbocycles. The summed E-state index contributed by atoms with van der Waals surface area (Å²) in [6.07, 6.45) is -2.76. The number of aliphatic carboxylic acids is 1. The monoisotopic (exact) mass is 478 g/mol. The number of carboxylic acids is 1. The van der Waals surface area contributed by atoms with E-state index in [4.69, 9.17) is 9.47 Å². The number of hydrogen-bond acceptors (Lipinski definition) is 8. The molecule has 0 spiro atoms. The number of carbonyl (C=O) groups excluding carboxylic acids is 4. The number of rotatable bonds is 9. The fourth-order valence-corrected chi connectivity index (χ4v) is 2.55. The summed E-state index contributed by atoms with van der Waals surface area (Å²) in [7, 11) is 0. The zero-order chi connectivity index (χ0) is 25.6. The van der Waals surface area contributed by atoms with Crippen LogP contribution in [0.2, 0.25) is 0 Å². The first-order valence-corrected chi connectivity index (χ1v) is 10.3. The highest BCUT2D eigenvalue weighted by molar-refractivity contribution is 6.03. The van der Waals surface area contributed by atoms with E-state index in [0.717, 1.165) is 6.92 Å². The van der Waals surface area contributed by atoms with Crippen molar-refractivity contribution in [1.82, 2.24) is 10.2 Å². The number of aliphatic hydroxyl groups is 1. The molecule has 0 unspecified atom stereocenters. The van der Waals surface area contributed by atoms with Crippen molar-refractivity contribution in [2.75, 3.05) is 0 Å². The molecule has 0 heterocycles. The number of hydrogen-bond donors (Lipinski definition) is 3. The van der Waals surface area contributed by atoms with Gasteiger partial charge < -0.3 is 30.5 Å². The second-order valence-electron chi connectivity index (χ2n) is 9.46. The van der Waals surface area contributed by atoms with Crippen molar-refractivity contribution in [1.29, 1.82) is 0 Å². The van der Waals surface area contributed by atoms with Crippen LogP contribution in [0.25, 0.3) is 0 Å². The first-order chi connectivity index (χ1) is 14.3. The molecule has 0 aliphatic carbocycles. The van der Waals surface area contributed by atoms with Crippen LogP contribution >= 0.6 is 0 Å². The Morgan fingerprint density at radius 3 is 1.82 bits per heavy atom. The molecule has 0 aliphatic rings. The molecule has 0 aliphatic heterocycles. The first kappa shape index (κ1) is 32.4. The van der Waals surface area contributed by atoms with Crippen molar-refractivity contribution in [3.8, 4) is 0 Å². The van der Waals surface area contributed by atoms with Crippen molar-refractivity contribution < 1.29 is 49.1 Å². The Labute approximate surface area is 193 Å². The third-order valence-corrected chi connectivity index (χ3v) is 4.06. The van der Waals surface area contributed by atoms with Crippen LogP contribution in [0.3, 0.4) is 0 Å². The highest BCUT2D eigenvalue weighted by Gasteiger charge is 2.48. The lowest BCUT2D eigenvalue weighted by atomic mass is 10.1. The lowest BCUT2D eigenvalue weighted by molar-refractivity contribution is -0.202. The molecule has 0 saturated heterocycles. The molecular formula is C21H38N2O10. The Bertz CT molecular complexity index is 725. The molecule has 0 aromatic rings. The Balaban J connectivity index is 0. The maximum absolute atomic E-state index is 13.0. The number of esters is 1. The maximum atomic E-state index is 13.0. The van der Waals surface area contributed by atoms with E-state index in [9.17, 15) is 34.2 Å².